The van der Waals surface area contributed by atoms with Crippen LogP contribution in [0.3, 0.4) is 0 Å². The van der Waals surface area contributed by atoms with Crippen LogP contribution < -0.4 is 14.8 Å². The third-order valence-electron chi connectivity index (χ3n) is 5.12. The van der Waals surface area contributed by atoms with Crippen LogP contribution in [0.4, 0.5) is 4.79 Å². The van der Waals surface area contributed by atoms with Crippen LogP contribution in [0.15, 0.2) is 60.3 Å². The number of nitrogens with one attached hydrogen (secondary N) is 1. The molecule has 1 aliphatic rings. The Labute approximate surface area is 191 Å². The molecule has 0 bridgehead atoms. The monoisotopic (exact) mass is 450 g/mol. The van der Waals surface area contributed by atoms with Gasteiger partial charge in [0.25, 0.3) is 5.91 Å². The predicted molar refractivity (Wildman–Crippen MR) is 125 cm³/mol. The first-order valence-electron chi connectivity index (χ1n) is 10.4. The third-order valence-corrected chi connectivity index (χ3v) is 5.40. The number of benzene rings is 3. The number of carbonyl (C=O) groups is 2. The minimum atomic E-state index is -0.435. The Bertz CT molecular complexity index is 1220. The lowest BCUT2D eigenvalue weighted by molar-refractivity contribution is -0.122. The summed E-state index contributed by atoms with van der Waals surface area (Å²) in [5, 5.41) is 5.24. The molecule has 164 valence electrons. The molecule has 3 aromatic rings. The van der Waals surface area contributed by atoms with Gasteiger partial charge in [-0.15, -0.1) is 0 Å². The van der Waals surface area contributed by atoms with Crippen molar-refractivity contribution in [1.82, 2.24) is 10.2 Å². The molecule has 1 N–H and O–H groups in total. The van der Waals surface area contributed by atoms with Gasteiger partial charge >= 0.3 is 6.03 Å². The Hall–Kier alpha value is -3.51. The number of urea groups is 1. The van der Waals surface area contributed by atoms with Gasteiger partial charge < -0.3 is 14.8 Å². The Balaban J connectivity index is 1.59. The van der Waals surface area contributed by atoms with E-state index in [1.54, 1.807) is 25.1 Å². The van der Waals surface area contributed by atoms with Crippen molar-refractivity contribution in [2.75, 3.05) is 13.2 Å². The second-order valence-corrected chi connectivity index (χ2v) is 7.68. The maximum atomic E-state index is 12.4. The zero-order chi connectivity index (χ0) is 22.7. The zero-order valence-electron chi connectivity index (χ0n) is 17.9. The van der Waals surface area contributed by atoms with Crippen molar-refractivity contribution in [2.45, 2.75) is 20.5 Å². The topological polar surface area (TPSA) is 67.9 Å². The number of ether oxygens (including phenoxy) is 2. The summed E-state index contributed by atoms with van der Waals surface area (Å²) in [4.78, 5) is 25.4. The number of imide groups is 1. The summed E-state index contributed by atoms with van der Waals surface area (Å²) in [6.07, 6.45) is 1.58. The Morgan fingerprint density at radius 1 is 1.00 bits per heavy atom. The van der Waals surface area contributed by atoms with Crippen LogP contribution in [0.1, 0.15) is 25.0 Å². The second-order valence-electron chi connectivity index (χ2n) is 7.27. The molecule has 0 aromatic heterocycles. The SMILES string of the molecule is CCOc1cc(/C=C2/NC(=O)N(CC)C2=O)cc(Cl)c1OCc1ccc2ccccc2c1. The maximum absolute atomic E-state index is 12.4. The lowest BCUT2D eigenvalue weighted by atomic mass is 10.1. The fourth-order valence-electron chi connectivity index (χ4n) is 3.58. The van der Waals surface area contributed by atoms with E-state index >= 15 is 0 Å². The van der Waals surface area contributed by atoms with E-state index in [4.69, 9.17) is 21.1 Å². The number of fused-ring (bicyclic) bond motifs is 1. The molecule has 7 heteroatoms. The van der Waals surface area contributed by atoms with Crippen molar-refractivity contribution in [3.8, 4) is 11.5 Å². The molecule has 6 nitrogen and oxygen atoms in total. The maximum Gasteiger partial charge on any atom is 0.328 e. The molecule has 1 fully saturated rings. The molecule has 32 heavy (non-hydrogen) atoms. The van der Waals surface area contributed by atoms with Gasteiger partial charge in [-0.05, 0) is 60.0 Å². The van der Waals surface area contributed by atoms with E-state index in [0.717, 1.165) is 21.2 Å². The first-order chi connectivity index (χ1) is 15.5. The van der Waals surface area contributed by atoms with E-state index in [9.17, 15) is 9.59 Å². The summed E-state index contributed by atoms with van der Waals surface area (Å²) >= 11 is 6.52. The van der Waals surface area contributed by atoms with Gasteiger partial charge in [0.1, 0.15) is 12.3 Å². The van der Waals surface area contributed by atoms with Crippen LogP contribution in [0.25, 0.3) is 16.8 Å². The molecule has 0 spiro atoms. The number of carbonyl (C=O) groups excluding carboxylic acids is 2. The number of likely N-dealkylation sites (N-methyl/N-ethyl adjacent to an activating group) is 1. The zero-order valence-corrected chi connectivity index (χ0v) is 18.6. The van der Waals surface area contributed by atoms with Crippen molar-refractivity contribution < 1.29 is 19.1 Å². The minimum Gasteiger partial charge on any atom is -0.490 e. The van der Waals surface area contributed by atoms with Gasteiger partial charge in [-0.3, -0.25) is 9.69 Å². The van der Waals surface area contributed by atoms with Crippen LogP contribution in [0.5, 0.6) is 11.5 Å². The Morgan fingerprint density at radius 3 is 2.50 bits per heavy atom. The first kappa shape index (κ1) is 21.7. The number of nitrogens with zero attached hydrogens (tertiary/aromatic N) is 1. The second kappa shape index (κ2) is 9.32. The first-order valence-corrected chi connectivity index (χ1v) is 10.8. The molecule has 3 aromatic carbocycles. The molecule has 1 saturated heterocycles. The van der Waals surface area contributed by atoms with Crippen LogP contribution >= 0.6 is 11.6 Å². The van der Waals surface area contributed by atoms with Crippen molar-refractivity contribution in [2.24, 2.45) is 0 Å². The van der Waals surface area contributed by atoms with Gasteiger partial charge in [0.2, 0.25) is 0 Å². The molecule has 0 radical (unpaired) electrons. The smallest absolute Gasteiger partial charge is 0.328 e. The largest absolute Gasteiger partial charge is 0.490 e. The van der Waals surface area contributed by atoms with Crippen LogP contribution in [-0.2, 0) is 11.4 Å². The number of amides is 3. The summed E-state index contributed by atoms with van der Waals surface area (Å²) in [6, 6.07) is 17.3. The lowest BCUT2D eigenvalue weighted by Gasteiger charge is -2.15. The fraction of sp³-hybridized carbons (Fsp3) is 0.200. The van der Waals surface area contributed by atoms with Crippen molar-refractivity contribution in [3.63, 3.8) is 0 Å². The fourth-order valence-corrected chi connectivity index (χ4v) is 3.86. The van der Waals surface area contributed by atoms with Gasteiger partial charge in [-0.25, -0.2) is 4.79 Å². The molecule has 0 atom stereocenters. The average molecular weight is 451 g/mol. The molecule has 4 rings (SSSR count). The summed E-state index contributed by atoms with van der Waals surface area (Å²) < 4.78 is 11.8. The number of halogens is 1. The quantitative estimate of drug-likeness (QED) is 0.387. The summed E-state index contributed by atoms with van der Waals surface area (Å²) in [5.41, 5.74) is 1.82. The Kier molecular flexibility index (Phi) is 6.32. The minimum absolute atomic E-state index is 0.195. The molecule has 1 heterocycles. The van der Waals surface area contributed by atoms with E-state index in [1.807, 2.05) is 25.1 Å². The van der Waals surface area contributed by atoms with Gasteiger partial charge in [-0.2, -0.15) is 0 Å². The number of rotatable bonds is 7. The molecule has 0 aliphatic carbocycles. The van der Waals surface area contributed by atoms with Crippen LogP contribution in [0, 0.1) is 0 Å². The molecular weight excluding hydrogens is 428 g/mol. The van der Waals surface area contributed by atoms with E-state index in [2.05, 4.69) is 29.6 Å². The summed E-state index contributed by atoms with van der Waals surface area (Å²) in [5.74, 6) is 0.528. The normalized spacial score (nSPS) is 14.8. The van der Waals surface area contributed by atoms with Crippen molar-refractivity contribution >= 4 is 40.4 Å². The lowest BCUT2D eigenvalue weighted by Crippen LogP contribution is -2.30. The summed E-state index contributed by atoms with van der Waals surface area (Å²) in [6.45, 7) is 4.65. The van der Waals surface area contributed by atoms with Crippen LogP contribution in [0.2, 0.25) is 5.02 Å². The van der Waals surface area contributed by atoms with Gasteiger partial charge in [0.05, 0.1) is 11.6 Å². The molecular formula is C25H23ClN2O4. The highest BCUT2D eigenvalue weighted by molar-refractivity contribution is 6.32. The molecule has 0 saturated carbocycles. The van der Waals surface area contributed by atoms with Gasteiger partial charge in [0.15, 0.2) is 11.5 Å². The van der Waals surface area contributed by atoms with Crippen molar-refractivity contribution in [3.05, 3.63) is 76.4 Å². The molecule has 1 aliphatic heterocycles. The predicted octanol–water partition coefficient (Wildman–Crippen LogP) is 5.38. The standard InChI is InChI=1S/C25H23ClN2O4/c1-3-28-24(29)21(27-25(28)30)13-17-12-20(26)23(22(14-17)31-4-2)32-15-16-9-10-18-7-5-6-8-19(18)11-16/h5-14H,3-4,15H2,1-2H3,(H,27,30)/b21-13+. The average Bonchev–Trinajstić information content (AvgIpc) is 3.05. The van der Waals surface area contributed by atoms with Crippen molar-refractivity contribution in [1.29, 1.82) is 0 Å². The highest BCUT2D eigenvalue weighted by Crippen LogP contribution is 2.38. The third kappa shape index (κ3) is 4.41. The summed E-state index contributed by atoms with van der Waals surface area (Å²) in [7, 11) is 0. The highest BCUT2D eigenvalue weighted by Gasteiger charge is 2.32. The van der Waals surface area contributed by atoms with Gasteiger partial charge in [0, 0.05) is 6.54 Å². The van der Waals surface area contributed by atoms with E-state index in [1.165, 1.54) is 0 Å². The molecule has 3 amide bonds. The van der Waals surface area contributed by atoms with Gasteiger partial charge in [-0.1, -0.05) is 48.0 Å². The van der Waals surface area contributed by atoms with E-state index < -0.39 is 6.03 Å². The number of hydrogen-bond donors (Lipinski definition) is 1. The highest BCUT2D eigenvalue weighted by atomic mass is 35.5. The van der Waals surface area contributed by atoms with E-state index in [-0.39, 0.29) is 11.6 Å². The molecule has 0 unspecified atom stereocenters. The van der Waals surface area contributed by atoms with Crippen LogP contribution in [-0.4, -0.2) is 30.0 Å². The number of hydrogen-bond acceptors (Lipinski definition) is 4. The van der Waals surface area contributed by atoms with E-state index in [0.29, 0.717) is 41.8 Å². The Morgan fingerprint density at radius 2 is 1.78 bits per heavy atom.